The summed E-state index contributed by atoms with van der Waals surface area (Å²) in [6.45, 7) is 8.70. The molecule has 1 N–H and O–H groups in total. The summed E-state index contributed by atoms with van der Waals surface area (Å²) in [6.07, 6.45) is 2.03. The molecule has 0 aliphatic carbocycles. The summed E-state index contributed by atoms with van der Waals surface area (Å²) in [5, 5.41) is 3.19. The van der Waals surface area contributed by atoms with Gasteiger partial charge in [0.2, 0.25) is 5.91 Å². The molecular formula is C15H28N2O3. The quantitative estimate of drug-likeness (QED) is 0.682. The van der Waals surface area contributed by atoms with Gasteiger partial charge in [-0.2, -0.15) is 0 Å². The van der Waals surface area contributed by atoms with Gasteiger partial charge in [-0.15, -0.1) is 0 Å². The van der Waals surface area contributed by atoms with Crippen LogP contribution in [0.15, 0.2) is 0 Å². The van der Waals surface area contributed by atoms with Crippen LogP contribution >= 0.6 is 0 Å². The van der Waals surface area contributed by atoms with Crippen molar-refractivity contribution in [1.82, 2.24) is 10.2 Å². The van der Waals surface area contributed by atoms with E-state index in [4.69, 9.17) is 4.74 Å². The van der Waals surface area contributed by atoms with Gasteiger partial charge >= 0.3 is 5.97 Å². The molecule has 116 valence electrons. The number of carbonyl (C=O) groups excluding carboxylic acids is 2. The lowest BCUT2D eigenvalue weighted by molar-refractivity contribution is -0.149. The van der Waals surface area contributed by atoms with Crippen LogP contribution in [0, 0.1) is 17.8 Å². The maximum absolute atomic E-state index is 12.6. The van der Waals surface area contributed by atoms with Crippen LogP contribution in [0.4, 0.5) is 0 Å². The second kappa shape index (κ2) is 8.25. The Labute approximate surface area is 122 Å². The lowest BCUT2D eigenvalue weighted by Gasteiger charge is -2.35. The maximum atomic E-state index is 12.6. The van der Waals surface area contributed by atoms with Crippen molar-refractivity contribution in [3.8, 4) is 0 Å². The average molecular weight is 284 g/mol. The van der Waals surface area contributed by atoms with Crippen LogP contribution < -0.4 is 5.32 Å². The predicted octanol–water partition coefficient (Wildman–Crippen LogP) is 1.28. The number of nitrogens with zero attached hydrogens (tertiary/aromatic N) is 1. The molecule has 0 aromatic heterocycles. The van der Waals surface area contributed by atoms with Gasteiger partial charge < -0.3 is 15.0 Å². The number of methoxy groups -OCH3 is 1. The lowest BCUT2D eigenvalue weighted by Crippen LogP contribution is -2.51. The van der Waals surface area contributed by atoms with Gasteiger partial charge in [0.1, 0.15) is 6.54 Å². The first-order valence-electron chi connectivity index (χ1n) is 7.59. The first kappa shape index (κ1) is 17.0. The molecule has 1 rings (SSSR count). The zero-order valence-electron chi connectivity index (χ0n) is 13.1. The fourth-order valence-electron chi connectivity index (χ4n) is 2.47. The fraction of sp³-hybridized carbons (Fsp3) is 0.867. The number of rotatable bonds is 8. The van der Waals surface area contributed by atoms with Crippen molar-refractivity contribution >= 4 is 11.9 Å². The molecule has 0 bridgehead atoms. The van der Waals surface area contributed by atoms with E-state index >= 15 is 0 Å². The molecule has 0 radical (unpaired) electrons. The zero-order chi connectivity index (χ0) is 15.1. The molecule has 1 atom stereocenters. The Morgan fingerprint density at radius 1 is 1.30 bits per heavy atom. The van der Waals surface area contributed by atoms with E-state index in [0.717, 1.165) is 25.9 Å². The van der Waals surface area contributed by atoms with E-state index in [1.54, 1.807) is 4.90 Å². The molecule has 0 spiro atoms. The number of hydrogen-bond donors (Lipinski definition) is 1. The summed E-state index contributed by atoms with van der Waals surface area (Å²) in [6, 6.07) is 0. The number of amides is 1. The number of nitrogens with one attached hydrogen (secondary N) is 1. The van der Waals surface area contributed by atoms with E-state index in [1.165, 1.54) is 7.11 Å². The molecule has 1 aliphatic heterocycles. The van der Waals surface area contributed by atoms with Crippen LogP contribution in [-0.4, -0.2) is 50.1 Å². The Morgan fingerprint density at radius 3 is 2.30 bits per heavy atom. The first-order valence-corrected chi connectivity index (χ1v) is 7.59. The van der Waals surface area contributed by atoms with Gasteiger partial charge in [-0.25, -0.2) is 0 Å². The molecule has 1 unspecified atom stereocenters. The predicted molar refractivity (Wildman–Crippen MR) is 78.2 cm³/mol. The van der Waals surface area contributed by atoms with Crippen molar-refractivity contribution in [3.05, 3.63) is 0 Å². The molecule has 20 heavy (non-hydrogen) atoms. The number of esters is 1. The molecular weight excluding hydrogens is 256 g/mol. The van der Waals surface area contributed by atoms with Crippen molar-refractivity contribution in [1.29, 1.82) is 0 Å². The Kier molecular flexibility index (Phi) is 6.99. The van der Waals surface area contributed by atoms with E-state index in [2.05, 4.69) is 19.2 Å². The Morgan fingerprint density at radius 2 is 1.90 bits per heavy atom. The van der Waals surface area contributed by atoms with Crippen molar-refractivity contribution in [2.45, 2.75) is 33.6 Å². The Hall–Kier alpha value is -1.10. The second-order valence-corrected chi connectivity index (χ2v) is 5.68. The van der Waals surface area contributed by atoms with Gasteiger partial charge in [0.25, 0.3) is 0 Å². The highest BCUT2D eigenvalue weighted by Gasteiger charge is 2.32. The standard InChI is InChI=1S/C15H28N2O3/c1-5-12(6-2)9-17(10-14(18)20-4)15(19)11(3)13-7-16-8-13/h11-13,16H,5-10H2,1-4H3. The summed E-state index contributed by atoms with van der Waals surface area (Å²) in [7, 11) is 1.36. The van der Waals surface area contributed by atoms with Crippen LogP contribution in [0.1, 0.15) is 33.6 Å². The third-order valence-electron chi connectivity index (χ3n) is 4.40. The smallest absolute Gasteiger partial charge is 0.325 e. The minimum atomic E-state index is -0.344. The maximum Gasteiger partial charge on any atom is 0.325 e. The minimum absolute atomic E-state index is 0.0322. The van der Waals surface area contributed by atoms with Crippen molar-refractivity contribution in [3.63, 3.8) is 0 Å². The highest BCUT2D eigenvalue weighted by molar-refractivity contribution is 5.83. The van der Waals surface area contributed by atoms with Gasteiger partial charge in [0, 0.05) is 12.5 Å². The molecule has 5 heteroatoms. The molecule has 0 aromatic carbocycles. The van der Waals surface area contributed by atoms with Crippen molar-refractivity contribution in [2.24, 2.45) is 17.8 Å². The van der Waals surface area contributed by atoms with E-state index < -0.39 is 0 Å². The summed E-state index contributed by atoms with van der Waals surface area (Å²) in [5.74, 6) is 0.534. The highest BCUT2D eigenvalue weighted by Crippen LogP contribution is 2.20. The fourth-order valence-corrected chi connectivity index (χ4v) is 2.47. The van der Waals surface area contributed by atoms with Gasteiger partial charge in [-0.05, 0) is 24.9 Å². The lowest BCUT2D eigenvalue weighted by atomic mass is 9.87. The molecule has 0 aromatic rings. The zero-order valence-corrected chi connectivity index (χ0v) is 13.1. The first-order chi connectivity index (χ1) is 9.53. The Bertz CT molecular complexity index is 325. The monoisotopic (exact) mass is 284 g/mol. The van der Waals surface area contributed by atoms with Crippen LogP contribution in [-0.2, 0) is 14.3 Å². The molecule has 1 aliphatic rings. The van der Waals surface area contributed by atoms with E-state index in [9.17, 15) is 9.59 Å². The summed E-state index contributed by atoms with van der Waals surface area (Å²) in [4.78, 5) is 25.8. The summed E-state index contributed by atoms with van der Waals surface area (Å²) < 4.78 is 4.72. The largest absolute Gasteiger partial charge is 0.468 e. The number of ether oxygens (including phenoxy) is 1. The summed E-state index contributed by atoms with van der Waals surface area (Å²) >= 11 is 0. The van der Waals surface area contributed by atoms with Crippen LogP contribution in [0.5, 0.6) is 0 Å². The molecule has 1 heterocycles. The third kappa shape index (κ3) is 4.47. The number of carbonyl (C=O) groups is 2. The van der Waals surface area contributed by atoms with Crippen molar-refractivity contribution in [2.75, 3.05) is 33.3 Å². The minimum Gasteiger partial charge on any atom is -0.468 e. The normalized spacial score (nSPS) is 16.6. The van der Waals surface area contributed by atoms with E-state index in [-0.39, 0.29) is 24.3 Å². The average Bonchev–Trinajstić information content (AvgIpc) is 2.40. The van der Waals surface area contributed by atoms with Gasteiger partial charge in [0.05, 0.1) is 7.11 Å². The van der Waals surface area contributed by atoms with Crippen LogP contribution in [0.25, 0.3) is 0 Å². The second-order valence-electron chi connectivity index (χ2n) is 5.68. The van der Waals surface area contributed by atoms with Crippen LogP contribution in [0.2, 0.25) is 0 Å². The SMILES string of the molecule is CCC(CC)CN(CC(=O)OC)C(=O)C(C)C1CNC1. The van der Waals surface area contributed by atoms with Crippen LogP contribution in [0.3, 0.4) is 0 Å². The van der Waals surface area contributed by atoms with Gasteiger partial charge in [-0.1, -0.05) is 33.6 Å². The molecule has 0 saturated carbocycles. The van der Waals surface area contributed by atoms with E-state index in [0.29, 0.717) is 18.4 Å². The number of hydrogen-bond acceptors (Lipinski definition) is 4. The third-order valence-corrected chi connectivity index (χ3v) is 4.40. The molecule has 1 amide bonds. The van der Waals surface area contributed by atoms with Gasteiger partial charge in [-0.3, -0.25) is 9.59 Å². The van der Waals surface area contributed by atoms with Crippen molar-refractivity contribution < 1.29 is 14.3 Å². The molecule has 5 nitrogen and oxygen atoms in total. The highest BCUT2D eigenvalue weighted by atomic mass is 16.5. The summed E-state index contributed by atoms with van der Waals surface area (Å²) in [5.41, 5.74) is 0. The molecule has 1 saturated heterocycles. The Balaban J connectivity index is 2.68. The molecule has 1 fully saturated rings. The van der Waals surface area contributed by atoms with E-state index in [1.807, 2.05) is 6.92 Å². The topological polar surface area (TPSA) is 58.6 Å². The van der Waals surface area contributed by atoms with Gasteiger partial charge in [0.15, 0.2) is 0 Å².